The molecule has 1 fully saturated rings. The van der Waals surface area contributed by atoms with E-state index in [0.717, 1.165) is 16.5 Å². The summed E-state index contributed by atoms with van der Waals surface area (Å²) in [6.45, 7) is 3.07. The Kier molecular flexibility index (Phi) is 6.27. The predicted molar refractivity (Wildman–Crippen MR) is 123 cm³/mol. The van der Waals surface area contributed by atoms with Gasteiger partial charge in [0.15, 0.2) is 0 Å². The second-order valence-corrected chi connectivity index (χ2v) is 9.85. The van der Waals surface area contributed by atoms with Crippen LogP contribution in [0.25, 0.3) is 10.8 Å². The van der Waals surface area contributed by atoms with Gasteiger partial charge in [-0.2, -0.15) is 4.31 Å². The maximum Gasteiger partial charge on any atom is 0.246 e. The lowest BCUT2D eigenvalue weighted by molar-refractivity contribution is -0.123. The largest absolute Gasteiger partial charge is 0.312 e. The number of pyridine rings is 1. The van der Waals surface area contributed by atoms with Gasteiger partial charge in [0.2, 0.25) is 15.9 Å². The third-order valence-corrected chi connectivity index (χ3v) is 8.12. The fraction of sp³-hybridized carbons (Fsp3) is 0.304. The Morgan fingerprint density at radius 2 is 1.81 bits per heavy atom. The number of piperidine rings is 1. The topological polar surface area (TPSA) is 70.6 Å². The lowest BCUT2D eigenvalue weighted by atomic mass is 9.96. The molecule has 162 valence electrons. The average molecular weight is 458 g/mol. The van der Waals surface area contributed by atoms with Crippen LogP contribution in [0.2, 0.25) is 5.15 Å². The minimum absolute atomic E-state index is 0.00721. The van der Waals surface area contributed by atoms with Gasteiger partial charge in [-0.3, -0.25) is 4.79 Å². The van der Waals surface area contributed by atoms with Gasteiger partial charge in [0.1, 0.15) is 10.0 Å². The standard InChI is InChI=1S/C23H24ClN3O3S/c1-2-27(20-10-9-17-6-3-4-7-19(17)16-20)23(28)18-11-14-26(15-12-18)31(29,30)21-8-5-13-25-22(21)24/h3-10,13,16,18H,2,11-12,14-15H2,1H3. The first-order chi connectivity index (χ1) is 14.9. The van der Waals surface area contributed by atoms with E-state index in [0.29, 0.717) is 19.4 Å². The van der Waals surface area contributed by atoms with Crippen molar-refractivity contribution in [1.82, 2.24) is 9.29 Å². The van der Waals surface area contributed by atoms with E-state index in [9.17, 15) is 13.2 Å². The zero-order valence-electron chi connectivity index (χ0n) is 17.2. The summed E-state index contributed by atoms with van der Waals surface area (Å²) < 4.78 is 27.2. The van der Waals surface area contributed by atoms with Gasteiger partial charge in [-0.25, -0.2) is 13.4 Å². The smallest absolute Gasteiger partial charge is 0.246 e. The summed E-state index contributed by atoms with van der Waals surface area (Å²) in [6.07, 6.45) is 2.40. The molecular formula is C23H24ClN3O3S. The SMILES string of the molecule is CCN(C(=O)C1CCN(S(=O)(=O)c2cccnc2Cl)CC1)c1ccc2ccccc2c1. The minimum atomic E-state index is -3.73. The molecule has 8 heteroatoms. The zero-order valence-corrected chi connectivity index (χ0v) is 18.8. The van der Waals surface area contributed by atoms with Crippen LogP contribution in [-0.4, -0.2) is 43.2 Å². The average Bonchev–Trinajstić information content (AvgIpc) is 2.79. The van der Waals surface area contributed by atoms with E-state index in [1.165, 1.54) is 16.6 Å². The van der Waals surface area contributed by atoms with E-state index >= 15 is 0 Å². The number of fused-ring (bicyclic) bond motifs is 1. The van der Waals surface area contributed by atoms with Crippen LogP contribution in [0.3, 0.4) is 0 Å². The molecule has 1 aliphatic rings. The molecule has 0 unspecified atom stereocenters. The first-order valence-corrected chi connectivity index (χ1v) is 12.1. The summed E-state index contributed by atoms with van der Waals surface area (Å²) in [5.74, 6) is -0.184. The number of rotatable bonds is 5. The Morgan fingerprint density at radius 3 is 2.48 bits per heavy atom. The van der Waals surface area contributed by atoms with Crippen molar-refractivity contribution in [2.75, 3.05) is 24.5 Å². The molecule has 2 aromatic carbocycles. The number of aromatic nitrogens is 1. The number of carbonyl (C=O) groups is 1. The van der Waals surface area contributed by atoms with Crippen LogP contribution >= 0.6 is 11.6 Å². The number of sulfonamides is 1. The van der Waals surface area contributed by atoms with E-state index in [1.807, 2.05) is 49.4 Å². The van der Waals surface area contributed by atoms with Crippen molar-refractivity contribution in [2.45, 2.75) is 24.7 Å². The molecule has 0 aliphatic carbocycles. The van der Waals surface area contributed by atoms with Crippen LogP contribution in [0, 0.1) is 5.92 Å². The lowest BCUT2D eigenvalue weighted by Gasteiger charge is -2.33. The Morgan fingerprint density at radius 1 is 1.10 bits per heavy atom. The molecular weight excluding hydrogens is 434 g/mol. The number of carbonyl (C=O) groups excluding carboxylic acids is 1. The van der Waals surface area contributed by atoms with Gasteiger partial charge in [-0.1, -0.05) is 41.9 Å². The van der Waals surface area contributed by atoms with Gasteiger partial charge in [0.25, 0.3) is 0 Å². The van der Waals surface area contributed by atoms with Crippen molar-refractivity contribution in [3.63, 3.8) is 0 Å². The second-order valence-electron chi connectivity index (χ2n) is 7.58. The van der Waals surface area contributed by atoms with Crippen LogP contribution in [0.15, 0.2) is 65.7 Å². The minimum Gasteiger partial charge on any atom is -0.312 e. The highest BCUT2D eigenvalue weighted by Gasteiger charge is 2.35. The van der Waals surface area contributed by atoms with Gasteiger partial charge in [-0.15, -0.1) is 0 Å². The van der Waals surface area contributed by atoms with Crippen molar-refractivity contribution < 1.29 is 13.2 Å². The summed E-state index contributed by atoms with van der Waals surface area (Å²) >= 11 is 6.00. The highest BCUT2D eigenvalue weighted by Crippen LogP contribution is 2.30. The first-order valence-electron chi connectivity index (χ1n) is 10.3. The van der Waals surface area contributed by atoms with Crippen LogP contribution < -0.4 is 4.90 Å². The molecule has 0 N–H and O–H groups in total. The van der Waals surface area contributed by atoms with Crippen LogP contribution in [0.5, 0.6) is 0 Å². The van der Waals surface area contributed by atoms with Crippen molar-refractivity contribution in [1.29, 1.82) is 0 Å². The fourth-order valence-electron chi connectivity index (χ4n) is 4.08. The normalized spacial score (nSPS) is 15.8. The molecule has 4 rings (SSSR count). The van der Waals surface area contributed by atoms with Gasteiger partial charge >= 0.3 is 0 Å². The number of anilines is 1. The van der Waals surface area contributed by atoms with Crippen molar-refractivity contribution in [3.05, 3.63) is 65.9 Å². The maximum absolute atomic E-state index is 13.3. The molecule has 2 heterocycles. The molecule has 0 saturated carbocycles. The lowest BCUT2D eigenvalue weighted by Crippen LogP contribution is -2.44. The maximum atomic E-state index is 13.3. The van der Waals surface area contributed by atoms with Crippen molar-refractivity contribution in [2.24, 2.45) is 5.92 Å². The molecule has 0 atom stereocenters. The summed E-state index contributed by atoms with van der Waals surface area (Å²) in [5, 5.41) is 2.18. The predicted octanol–water partition coefficient (Wildman–Crippen LogP) is 4.34. The number of nitrogens with zero attached hydrogens (tertiary/aromatic N) is 3. The summed E-state index contributed by atoms with van der Waals surface area (Å²) in [5.41, 5.74) is 0.864. The molecule has 1 saturated heterocycles. The number of hydrogen-bond acceptors (Lipinski definition) is 4. The summed E-state index contributed by atoms with van der Waals surface area (Å²) in [6, 6.07) is 17.1. The molecule has 1 aromatic heterocycles. The molecule has 6 nitrogen and oxygen atoms in total. The molecule has 1 aliphatic heterocycles. The van der Waals surface area contributed by atoms with E-state index < -0.39 is 10.0 Å². The van der Waals surface area contributed by atoms with E-state index in [4.69, 9.17) is 11.6 Å². The first kappa shape index (κ1) is 21.7. The fourth-order valence-corrected chi connectivity index (χ4v) is 5.97. The number of benzene rings is 2. The highest BCUT2D eigenvalue weighted by atomic mass is 35.5. The quantitative estimate of drug-likeness (QED) is 0.534. The molecule has 31 heavy (non-hydrogen) atoms. The van der Waals surface area contributed by atoms with E-state index in [2.05, 4.69) is 4.98 Å². The highest BCUT2D eigenvalue weighted by molar-refractivity contribution is 7.89. The molecule has 1 amide bonds. The Hall–Kier alpha value is -2.48. The summed E-state index contributed by atoms with van der Waals surface area (Å²) in [4.78, 5) is 18.9. The third kappa shape index (κ3) is 4.31. The van der Waals surface area contributed by atoms with E-state index in [1.54, 1.807) is 11.0 Å². The van der Waals surface area contributed by atoms with Gasteiger partial charge in [0, 0.05) is 37.4 Å². The van der Waals surface area contributed by atoms with Gasteiger partial charge in [0.05, 0.1) is 0 Å². The number of halogens is 1. The number of amides is 1. The second kappa shape index (κ2) is 8.94. The Labute approximate surface area is 187 Å². The molecule has 0 spiro atoms. The van der Waals surface area contributed by atoms with Gasteiger partial charge < -0.3 is 4.90 Å². The van der Waals surface area contributed by atoms with Crippen molar-refractivity contribution in [3.8, 4) is 0 Å². The molecule has 0 bridgehead atoms. The van der Waals surface area contributed by atoms with Crippen LogP contribution in [-0.2, 0) is 14.8 Å². The molecule has 3 aromatic rings. The monoisotopic (exact) mass is 457 g/mol. The Balaban J connectivity index is 1.48. The van der Waals surface area contributed by atoms with Crippen LogP contribution in [0.1, 0.15) is 19.8 Å². The third-order valence-electron chi connectivity index (χ3n) is 5.77. The Bertz CT molecular complexity index is 1210. The van der Waals surface area contributed by atoms with Crippen molar-refractivity contribution >= 4 is 44.0 Å². The van der Waals surface area contributed by atoms with Crippen LogP contribution in [0.4, 0.5) is 5.69 Å². The zero-order chi connectivity index (χ0) is 22.0. The van der Waals surface area contributed by atoms with E-state index in [-0.39, 0.29) is 35.0 Å². The number of hydrogen-bond donors (Lipinski definition) is 0. The van der Waals surface area contributed by atoms with Gasteiger partial charge in [-0.05, 0) is 54.8 Å². The summed E-state index contributed by atoms with van der Waals surface area (Å²) in [7, 11) is -3.73. The molecule has 0 radical (unpaired) electrons.